The van der Waals surface area contributed by atoms with Gasteiger partial charge in [0, 0.05) is 82.8 Å². The molecule has 0 aliphatic carbocycles. The van der Waals surface area contributed by atoms with Crippen molar-refractivity contribution in [2.75, 3.05) is 23.9 Å². The van der Waals surface area contributed by atoms with E-state index in [9.17, 15) is 20.2 Å². The molecule has 2 heterocycles. The van der Waals surface area contributed by atoms with Crippen LogP contribution >= 0.6 is 0 Å². The van der Waals surface area contributed by atoms with Crippen LogP contribution in [0.15, 0.2) is 206 Å². The summed E-state index contributed by atoms with van der Waals surface area (Å²) in [5.74, 6) is 0. The van der Waals surface area contributed by atoms with Crippen LogP contribution in [0.4, 0.5) is 22.7 Å². The van der Waals surface area contributed by atoms with Gasteiger partial charge in [-0.25, -0.2) is 0 Å². The number of nitro benzene ring substituents is 2. The Balaban J connectivity index is 0.980. The number of likely N-dealkylation sites (N-methyl/N-ethyl adjacent to an activating group) is 2. The number of aryl methyl sites for hydroxylation is 2. The van der Waals surface area contributed by atoms with Crippen molar-refractivity contribution >= 4 is 44.3 Å². The van der Waals surface area contributed by atoms with Crippen molar-refractivity contribution in [3.8, 4) is 0 Å². The van der Waals surface area contributed by atoms with Crippen LogP contribution in [-0.2, 0) is 34.5 Å². The molecule has 0 amide bonds. The Bertz CT molecular complexity index is 3360. The second-order valence-corrected chi connectivity index (χ2v) is 21.9. The lowest BCUT2D eigenvalue weighted by Crippen LogP contribution is -2.28. The van der Waals surface area contributed by atoms with E-state index in [4.69, 9.17) is 13.2 Å². The average Bonchev–Trinajstić information content (AvgIpc) is 3.70. The summed E-state index contributed by atoms with van der Waals surface area (Å²) in [4.78, 5) is 27.4. The van der Waals surface area contributed by atoms with E-state index in [1.165, 1.54) is 33.4 Å². The highest BCUT2D eigenvalue weighted by atomic mass is 16.6. The van der Waals surface area contributed by atoms with Gasteiger partial charge in [0.05, 0.1) is 9.85 Å². The molecule has 374 valence electrons. The van der Waals surface area contributed by atoms with Gasteiger partial charge in [-0.1, -0.05) is 164 Å². The Morgan fingerprint density at radius 1 is 0.554 bits per heavy atom. The lowest BCUT2D eigenvalue weighted by atomic mass is 9.69. The predicted molar refractivity (Wildman–Crippen MR) is 308 cm³/mol. The fourth-order valence-electron chi connectivity index (χ4n) is 12.3. The van der Waals surface area contributed by atoms with Crippen LogP contribution in [-0.4, -0.2) is 23.9 Å². The molecule has 0 saturated carbocycles. The summed E-state index contributed by atoms with van der Waals surface area (Å²) < 4.78 is 0. The van der Waals surface area contributed by atoms with Crippen LogP contribution in [0, 0.1) is 34.1 Å². The summed E-state index contributed by atoms with van der Waals surface area (Å²) in [5.41, 5.74) is 14.2. The topological polar surface area (TPSA) is 92.8 Å². The molecule has 0 spiro atoms. The zero-order chi connectivity index (χ0) is 53.1. The molecule has 74 heavy (non-hydrogen) atoms. The van der Waals surface area contributed by atoms with Gasteiger partial charge >= 0.3 is 0 Å². The summed E-state index contributed by atoms with van der Waals surface area (Å²) in [6, 6.07) is 44.8. The largest absolute Gasteiger partial charge is 0.347 e. The zero-order valence-corrected chi connectivity index (χ0v) is 44.4. The molecule has 8 heteroatoms. The number of non-ortho nitro benzene ring substituents is 2. The number of hydrogen-bond acceptors (Lipinski definition) is 6. The Labute approximate surface area is 436 Å². The minimum absolute atomic E-state index is 0.0898. The number of benzene rings is 7. The maximum Gasteiger partial charge on any atom is 0.270 e. The maximum atomic E-state index is 11.8. The van der Waals surface area contributed by atoms with E-state index in [1.54, 1.807) is 24.3 Å². The third kappa shape index (κ3) is 8.76. The van der Waals surface area contributed by atoms with E-state index in [-0.39, 0.29) is 21.2 Å². The third-order valence-corrected chi connectivity index (χ3v) is 16.5. The summed E-state index contributed by atoms with van der Waals surface area (Å²) in [5, 5.41) is 27.4. The maximum absolute atomic E-state index is 11.8. The molecular formula is C66H66N4O4. The first-order chi connectivity index (χ1) is 35.1. The van der Waals surface area contributed by atoms with E-state index in [0.717, 1.165) is 79.4 Å². The van der Waals surface area contributed by atoms with Crippen molar-refractivity contribution in [2.24, 2.45) is 0 Å². The summed E-state index contributed by atoms with van der Waals surface area (Å²) in [7, 11) is 4.14. The molecule has 9 rings (SSSR count). The lowest BCUT2D eigenvalue weighted by Gasteiger charge is -2.34. The Morgan fingerprint density at radius 2 is 0.905 bits per heavy atom. The third-order valence-electron chi connectivity index (χ3n) is 16.5. The molecule has 7 aromatic carbocycles. The highest BCUT2D eigenvalue weighted by Crippen LogP contribution is 2.52. The number of nitro groups is 2. The van der Waals surface area contributed by atoms with Crippen LogP contribution in [0.3, 0.4) is 0 Å². The predicted octanol–water partition coefficient (Wildman–Crippen LogP) is 16.3. The summed E-state index contributed by atoms with van der Waals surface area (Å²) in [6.07, 6.45) is 14.3. The second-order valence-electron chi connectivity index (χ2n) is 21.9. The second kappa shape index (κ2) is 19.1. The van der Waals surface area contributed by atoms with Gasteiger partial charge in [-0.3, -0.25) is 20.2 Å². The standard InChI is InChI=1S/C66H66N4O4/c1-43-19-13-15-23-55(43)65(9,45(3)21-17-25-59-63(5,6)61-53-39-51(69(71)72)35-31-49(53)33-37-57(61)67(59)11)41-47-27-29-48(30-28-47)42-66(10,56-24-16-14-20-44(56)2)46(4)22-18-26-60-64(7,8)62-54-40-52(70(73)74)36-32-50(54)34-38-58(62)68(60)12/h13-40H,3-4,41-42H2,1-2,5-12H3/b21-17+,22-18+,59-25+,60-26+. The van der Waals surface area contributed by atoms with Crippen molar-refractivity contribution in [2.45, 2.75) is 89.9 Å². The van der Waals surface area contributed by atoms with Gasteiger partial charge in [0.15, 0.2) is 0 Å². The van der Waals surface area contributed by atoms with Crippen LogP contribution in [0.25, 0.3) is 21.5 Å². The van der Waals surface area contributed by atoms with E-state index in [1.807, 2.05) is 24.3 Å². The lowest BCUT2D eigenvalue weighted by molar-refractivity contribution is -0.384. The van der Waals surface area contributed by atoms with Crippen molar-refractivity contribution in [1.29, 1.82) is 0 Å². The van der Waals surface area contributed by atoms with Gasteiger partial charge in [-0.2, -0.15) is 0 Å². The molecule has 0 fully saturated rings. The SMILES string of the molecule is C=C(/C=C/C=C1/N(C)c2ccc3ccc([N+](=O)[O-])cc3c2C1(C)C)C(C)(Cc1ccc(CC(C)(C(=C)/C=C/C=C2/N(C)c3ccc4ccc([N+](=O)[O-])cc4c3C2(C)C)c2ccccc2C)cc1)c1ccccc1C. The van der Waals surface area contributed by atoms with Crippen LogP contribution in [0.2, 0.25) is 0 Å². The summed E-state index contributed by atoms with van der Waals surface area (Å²) >= 11 is 0. The number of anilines is 2. The van der Waals surface area contributed by atoms with Crippen molar-refractivity contribution in [3.63, 3.8) is 0 Å². The number of allylic oxidation sites excluding steroid dienone is 10. The van der Waals surface area contributed by atoms with Gasteiger partial charge < -0.3 is 9.80 Å². The van der Waals surface area contributed by atoms with E-state index in [0.29, 0.717) is 0 Å². The van der Waals surface area contributed by atoms with E-state index < -0.39 is 21.7 Å². The van der Waals surface area contributed by atoms with Crippen LogP contribution in [0.1, 0.15) is 86.1 Å². The molecule has 7 aromatic rings. The van der Waals surface area contributed by atoms with Gasteiger partial charge in [0.2, 0.25) is 0 Å². The van der Waals surface area contributed by atoms with Crippen molar-refractivity contribution in [1.82, 2.24) is 0 Å². The van der Waals surface area contributed by atoms with Crippen molar-refractivity contribution in [3.05, 3.63) is 270 Å². The molecule has 0 saturated heterocycles. The number of rotatable bonds is 14. The Morgan fingerprint density at radius 3 is 1.26 bits per heavy atom. The Hall–Kier alpha value is -8.10. The smallest absolute Gasteiger partial charge is 0.270 e. The quantitative estimate of drug-likeness (QED) is 0.0612. The minimum atomic E-state index is -0.436. The fraction of sp³-hybridized carbons (Fsp3) is 0.242. The summed E-state index contributed by atoms with van der Waals surface area (Å²) in [6.45, 7) is 27.2. The van der Waals surface area contributed by atoms with Crippen LogP contribution in [0.5, 0.6) is 0 Å². The fourth-order valence-corrected chi connectivity index (χ4v) is 12.3. The number of fused-ring (bicyclic) bond motifs is 6. The first-order valence-corrected chi connectivity index (χ1v) is 25.3. The zero-order valence-electron chi connectivity index (χ0n) is 44.4. The van der Waals surface area contributed by atoms with Crippen LogP contribution < -0.4 is 9.80 Å². The molecular weight excluding hydrogens is 913 g/mol. The molecule has 2 unspecified atom stereocenters. The van der Waals surface area contributed by atoms with E-state index in [2.05, 4.69) is 201 Å². The molecule has 2 atom stereocenters. The molecule has 0 radical (unpaired) electrons. The van der Waals surface area contributed by atoms with Gasteiger partial charge in [0.25, 0.3) is 11.4 Å². The van der Waals surface area contributed by atoms with Gasteiger partial charge in [-0.15, -0.1) is 0 Å². The van der Waals surface area contributed by atoms with Gasteiger partial charge in [0.1, 0.15) is 0 Å². The Kier molecular flexibility index (Phi) is 13.1. The van der Waals surface area contributed by atoms with Gasteiger partial charge in [-0.05, 0) is 140 Å². The highest BCUT2D eigenvalue weighted by Gasteiger charge is 2.42. The normalized spacial score (nSPS) is 17.5. The molecule has 2 aliphatic heterocycles. The van der Waals surface area contributed by atoms with Crippen molar-refractivity contribution < 1.29 is 9.85 Å². The number of nitrogens with zero attached hydrogens (tertiary/aromatic N) is 4. The molecule has 2 aliphatic rings. The first kappa shape index (κ1) is 50.8. The molecule has 0 bridgehead atoms. The number of hydrogen-bond donors (Lipinski definition) is 0. The highest BCUT2D eigenvalue weighted by molar-refractivity contribution is 5.97. The molecule has 8 nitrogen and oxygen atoms in total. The van der Waals surface area contributed by atoms with E-state index >= 15 is 0 Å². The first-order valence-electron chi connectivity index (χ1n) is 25.3. The minimum Gasteiger partial charge on any atom is -0.347 e. The molecule has 0 aromatic heterocycles. The molecule has 0 N–H and O–H groups in total. The monoisotopic (exact) mass is 979 g/mol. The average molecular weight is 979 g/mol.